The van der Waals surface area contributed by atoms with Crippen molar-refractivity contribution in [2.45, 2.75) is 37.8 Å². The molecule has 23 heavy (non-hydrogen) atoms. The first kappa shape index (κ1) is 15.7. The average molecular weight is 313 g/mol. The van der Waals surface area contributed by atoms with E-state index < -0.39 is 0 Å². The summed E-state index contributed by atoms with van der Waals surface area (Å²) in [4.78, 5) is 16.5. The van der Waals surface area contributed by atoms with Crippen LogP contribution in [0.2, 0.25) is 0 Å². The number of ether oxygens (including phenoxy) is 1. The van der Waals surface area contributed by atoms with Crippen LogP contribution in [0.4, 0.5) is 0 Å². The summed E-state index contributed by atoms with van der Waals surface area (Å²) in [5.41, 5.74) is 2.17. The molecule has 0 saturated carbocycles. The van der Waals surface area contributed by atoms with E-state index in [-0.39, 0.29) is 18.1 Å². The molecule has 2 aromatic rings. The number of hydrogen-bond donors (Lipinski definition) is 1. The highest BCUT2D eigenvalue weighted by Gasteiger charge is 2.28. The largest absolute Gasteiger partial charge is 0.376 e. The van der Waals surface area contributed by atoms with Gasteiger partial charge in [-0.05, 0) is 24.8 Å². The third-order valence-corrected chi connectivity index (χ3v) is 4.34. The second-order valence-electron chi connectivity index (χ2n) is 6.00. The maximum Gasteiger partial charge on any atom is 0.220 e. The molecule has 0 radical (unpaired) electrons. The van der Waals surface area contributed by atoms with Gasteiger partial charge in [-0.15, -0.1) is 0 Å². The van der Waals surface area contributed by atoms with Gasteiger partial charge in [0.2, 0.25) is 5.91 Å². The Bertz CT molecular complexity index is 633. The highest BCUT2D eigenvalue weighted by atomic mass is 16.5. The molecule has 1 amide bonds. The van der Waals surface area contributed by atoms with Crippen LogP contribution < -0.4 is 5.32 Å². The van der Waals surface area contributed by atoms with Gasteiger partial charge in [0.15, 0.2) is 0 Å². The highest BCUT2D eigenvalue weighted by Crippen LogP contribution is 2.27. The number of benzene rings is 1. The molecule has 1 aromatic carbocycles. The summed E-state index contributed by atoms with van der Waals surface area (Å²) in [6.45, 7) is 0.777. The van der Waals surface area contributed by atoms with Gasteiger partial charge in [0.25, 0.3) is 0 Å². The molecule has 1 aliphatic heterocycles. The van der Waals surface area contributed by atoms with E-state index in [1.54, 1.807) is 6.33 Å². The summed E-state index contributed by atoms with van der Waals surface area (Å²) in [5.74, 6) is 0.0514. The summed E-state index contributed by atoms with van der Waals surface area (Å²) in [7, 11) is 1.94. The Labute approximate surface area is 136 Å². The highest BCUT2D eigenvalue weighted by molar-refractivity contribution is 5.76. The maximum atomic E-state index is 12.4. The molecular formula is C18H23N3O2. The van der Waals surface area contributed by atoms with Gasteiger partial charge >= 0.3 is 0 Å². The smallest absolute Gasteiger partial charge is 0.220 e. The van der Waals surface area contributed by atoms with E-state index in [0.717, 1.165) is 30.7 Å². The Hall–Kier alpha value is -2.14. The summed E-state index contributed by atoms with van der Waals surface area (Å²) in [6, 6.07) is 10.0. The van der Waals surface area contributed by atoms with Crippen molar-refractivity contribution in [2.24, 2.45) is 7.05 Å². The molecule has 0 spiro atoms. The van der Waals surface area contributed by atoms with Gasteiger partial charge in [0.1, 0.15) is 0 Å². The number of carbonyl (C=O) groups excluding carboxylic acids is 1. The van der Waals surface area contributed by atoms with Gasteiger partial charge < -0.3 is 14.6 Å². The van der Waals surface area contributed by atoms with E-state index in [9.17, 15) is 4.79 Å². The second-order valence-corrected chi connectivity index (χ2v) is 6.00. The number of carbonyl (C=O) groups is 1. The van der Waals surface area contributed by atoms with Crippen molar-refractivity contribution >= 4 is 5.91 Å². The lowest BCUT2D eigenvalue weighted by atomic mass is 9.99. The summed E-state index contributed by atoms with van der Waals surface area (Å²) in [6.07, 6.45) is 6.82. The van der Waals surface area contributed by atoms with Crippen LogP contribution in [0.15, 0.2) is 42.9 Å². The van der Waals surface area contributed by atoms with Crippen LogP contribution in [-0.2, 0) is 23.0 Å². The van der Waals surface area contributed by atoms with Gasteiger partial charge in [-0.2, -0.15) is 0 Å². The Morgan fingerprint density at radius 3 is 2.91 bits per heavy atom. The molecule has 5 heteroatoms. The first-order chi connectivity index (χ1) is 11.2. The lowest BCUT2D eigenvalue weighted by molar-refractivity contribution is -0.122. The zero-order chi connectivity index (χ0) is 16.1. The number of aryl methyl sites for hydroxylation is 2. The SMILES string of the molecule is Cn1cncc1CCC(=O)N[C@H](c1ccccc1)[C@@H]1CCCO1. The Balaban J connectivity index is 1.63. The van der Waals surface area contributed by atoms with Gasteiger partial charge in [0.05, 0.1) is 18.5 Å². The summed E-state index contributed by atoms with van der Waals surface area (Å²) in [5, 5.41) is 3.16. The van der Waals surface area contributed by atoms with Crippen LogP contribution in [0.25, 0.3) is 0 Å². The predicted molar refractivity (Wildman–Crippen MR) is 87.8 cm³/mol. The van der Waals surface area contributed by atoms with Crippen LogP contribution in [0.1, 0.15) is 36.6 Å². The van der Waals surface area contributed by atoms with Gasteiger partial charge in [-0.1, -0.05) is 30.3 Å². The van der Waals surface area contributed by atoms with E-state index in [4.69, 9.17) is 4.74 Å². The van der Waals surface area contributed by atoms with E-state index >= 15 is 0 Å². The number of imidazole rings is 1. The number of aromatic nitrogens is 2. The first-order valence-corrected chi connectivity index (χ1v) is 8.15. The maximum absolute atomic E-state index is 12.4. The lowest BCUT2D eigenvalue weighted by Gasteiger charge is -2.24. The zero-order valence-corrected chi connectivity index (χ0v) is 13.4. The predicted octanol–water partition coefficient (Wildman–Crippen LogP) is 2.39. The van der Waals surface area contributed by atoms with E-state index in [0.29, 0.717) is 12.8 Å². The van der Waals surface area contributed by atoms with Crippen molar-refractivity contribution in [3.05, 3.63) is 54.1 Å². The molecule has 1 aliphatic rings. The number of nitrogens with zero attached hydrogens (tertiary/aromatic N) is 2. The lowest BCUT2D eigenvalue weighted by Crippen LogP contribution is -2.36. The fourth-order valence-electron chi connectivity index (χ4n) is 3.03. The van der Waals surface area contributed by atoms with Crippen molar-refractivity contribution in [2.75, 3.05) is 6.61 Å². The van der Waals surface area contributed by atoms with Crippen LogP contribution in [0.3, 0.4) is 0 Å². The average Bonchev–Trinajstić information content (AvgIpc) is 3.23. The zero-order valence-electron chi connectivity index (χ0n) is 13.4. The summed E-state index contributed by atoms with van der Waals surface area (Å²) >= 11 is 0. The molecule has 3 rings (SSSR count). The molecule has 5 nitrogen and oxygen atoms in total. The first-order valence-electron chi connectivity index (χ1n) is 8.15. The van der Waals surface area contributed by atoms with E-state index in [1.165, 1.54) is 0 Å². The summed E-state index contributed by atoms with van der Waals surface area (Å²) < 4.78 is 7.76. The van der Waals surface area contributed by atoms with Crippen LogP contribution in [-0.4, -0.2) is 28.2 Å². The van der Waals surface area contributed by atoms with Crippen LogP contribution in [0.5, 0.6) is 0 Å². The molecule has 0 unspecified atom stereocenters. The van der Waals surface area contributed by atoms with Gasteiger partial charge in [-0.25, -0.2) is 4.98 Å². The molecular weight excluding hydrogens is 290 g/mol. The third kappa shape index (κ3) is 3.99. The quantitative estimate of drug-likeness (QED) is 0.891. The topological polar surface area (TPSA) is 56.2 Å². The normalized spacial score (nSPS) is 18.7. The van der Waals surface area contributed by atoms with Crippen molar-refractivity contribution in [1.82, 2.24) is 14.9 Å². The van der Waals surface area contributed by atoms with E-state index in [2.05, 4.69) is 10.3 Å². The van der Waals surface area contributed by atoms with Crippen molar-refractivity contribution in [1.29, 1.82) is 0 Å². The van der Waals surface area contributed by atoms with E-state index in [1.807, 2.05) is 48.1 Å². The minimum absolute atomic E-state index is 0.0514. The van der Waals surface area contributed by atoms with Crippen LogP contribution >= 0.6 is 0 Å². The molecule has 1 saturated heterocycles. The minimum atomic E-state index is -0.0715. The fourth-order valence-corrected chi connectivity index (χ4v) is 3.03. The number of nitrogens with one attached hydrogen (secondary N) is 1. The number of amides is 1. The second kappa shape index (κ2) is 7.42. The minimum Gasteiger partial charge on any atom is -0.376 e. The molecule has 2 atom stereocenters. The van der Waals surface area contributed by atoms with Crippen LogP contribution in [0, 0.1) is 0 Å². The van der Waals surface area contributed by atoms with Crippen molar-refractivity contribution in [3.63, 3.8) is 0 Å². The molecule has 1 aromatic heterocycles. The molecule has 0 aliphatic carbocycles. The fraction of sp³-hybridized carbons (Fsp3) is 0.444. The van der Waals surface area contributed by atoms with Gasteiger partial charge in [-0.3, -0.25) is 4.79 Å². The Morgan fingerprint density at radius 2 is 2.26 bits per heavy atom. The van der Waals surface area contributed by atoms with Crippen molar-refractivity contribution < 1.29 is 9.53 Å². The number of rotatable bonds is 6. The molecule has 122 valence electrons. The molecule has 0 bridgehead atoms. The molecule has 2 heterocycles. The Kier molecular flexibility index (Phi) is 5.08. The number of hydrogen-bond acceptors (Lipinski definition) is 3. The molecule has 1 fully saturated rings. The Morgan fingerprint density at radius 1 is 1.43 bits per heavy atom. The monoisotopic (exact) mass is 313 g/mol. The van der Waals surface area contributed by atoms with Gasteiger partial charge in [0, 0.05) is 32.0 Å². The standard InChI is InChI=1S/C18H23N3O2/c1-21-13-19-12-15(21)9-10-17(22)20-18(16-8-5-11-23-16)14-6-3-2-4-7-14/h2-4,6-7,12-13,16,18H,5,8-11H2,1H3,(H,20,22)/t16-,18+/m0/s1. The van der Waals surface area contributed by atoms with Crippen molar-refractivity contribution in [3.8, 4) is 0 Å². The third-order valence-electron chi connectivity index (χ3n) is 4.34. The molecule has 1 N–H and O–H groups in total.